The zero-order valence-corrected chi connectivity index (χ0v) is 20.1. The van der Waals surface area contributed by atoms with Crippen LogP contribution in [0.4, 0.5) is 4.39 Å². The fourth-order valence-corrected chi connectivity index (χ4v) is 4.72. The molecule has 1 aliphatic rings. The van der Waals surface area contributed by atoms with Crippen LogP contribution in [0, 0.1) is 5.82 Å². The molecular weight excluding hydrogens is 488 g/mol. The molecule has 192 valence electrons. The first-order valence-electron chi connectivity index (χ1n) is 10.8. The van der Waals surface area contributed by atoms with E-state index in [1.807, 2.05) is 4.98 Å². The standard InChI is InChI=1S/C21H27FN3O9P/c1-12(2)32-20(28)13(3)24-35(30,34-14-7-5-4-6-8-14)31-11-17-16(26)9-18(33-17)25-10-15(22)19(27)23-21(25)29/h4-8,10,12-13,16-18,26H,9,11H2,1-3H3,(H,24,30)(H,23,27,29)/t13-,16?,17+,18+,35?/m0/s1. The van der Waals surface area contributed by atoms with E-state index < -0.39 is 68.0 Å². The van der Waals surface area contributed by atoms with E-state index >= 15 is 0 Å². The molecule has 1 fully saturated rings. The number of para-hydroxylation sites is 1. The van der Waals surface area contributed by atoms with E-state index in [1.165, 1.54) is 19.1 Å². The molecule has 0 bridgehead atoms. The van der Waals surface area contributed by atoms with Gasteiger partial charge in [-0.15, -0.1) is 0 Å². The van der Waals surface area contributed by atoms with Crippen LogP contribution in [0.5, 0.6) is 5.75 Å². The molecule has 1 aromatic heterocycles. The highest BCUT2D eigenvalue weighted by Crippen LogP contribution is 2.45. The topological polar surface area (TPSA) is 158 Å². The van der Waals surface area contributed by atoms with Crippen molar-refractivity contribution < 1.29 is 37.4 Å². The Morgan fingerprint density at radius 1 is 1.31 bits per heavy atom. The van der Waals surface area contributed by atoms with Crippen molar-refractivity contribution in [2.24, 2.45) is 0 Å². The van der Waals surface area contributed by atoms with Crippen LogP contribution >= 0.6 is 7.75 Å². The number of carbonyl (C=O) groups is 1. The molecule has 0 radical (unpaired) electrons. The number of ether oxygens (including phenoxy) is 2. The Balaban J connectivity index is 1.73. The first-order chi connectivity index (χ1) is 16.5. The lowest BCUT2D eigenvalue weighted by Gasteiger charge is -2.25. The number of H-pyrrole nitrogens is 1. The van der Waals surface area contributed by atoms with E-state index in [-0.39, 0.29) is 12.2 Å². The average Bonchev–Trinajstić information content (AvgIpc) is 3.15. The number of hydrogen-bond donors (Lipinski definition) is 3. The van der Waals surface area contributed by atoms with Crippen LogP contribution in [0.2, 0.25) is 0 Å². The molecule has 2 heterocycles. The van der Waals surface area contributed by atoms with Crippen LogP contribution in [0.3, 0.4) is 0 Å². The van der Waals surface area contributed by atoms with Crippen LogP contribution in [0.15, 0.2) is 46.1 Å². The Morgan fingerprint density at radius 2 is 2.00 bits per heavy atom. The highest BCUT2D eigenvalue weighted by Gasteiger charge is 2.39. The minimum Gasteiger partial charge on any atom is -0.462 e. The summed E-state index contributed by atoms with van der Waals surface area (Å²) in [4.78, 5) is 37.3. The second kappa shape index (κ2) is 11.3. The smallest absolute Gasteiger partial charge is 0.459 e. The fraction of sp³-hybridized carbons (Fsp3) is 0.476. The summed E-state index contributed by atoms with van der Waals surface area (Å²) in [5.41, 5.74) is -2.10. The van der Waals surface area contributed by atoms with Gasteiger partial charge in [-0.05, 0) is 32.9 Å². The molecule has 35 heavy (non-hydrogen) atoms. The second-order valence-electron chi connectivity index (χ2n) is 8.11. The van der Waals surface area contributed by atoms with Crippen LogP contribution in [-0.4, -0.2) is 51.6 Å². The van der Waals surface area contributed by atoms with Crippen molar-refractivity contribution in [1.82, 2.24) is 14.6 Å². The van der Waals surface area contributed by atoms with Gasteiger partial charge in [-0.25, -0.2) is 9.36 Å². The molecule has 1 aromatic carbocycles. The summed E-state index contributed by atoms with van der Waals surface area (Å²) in [6, 6.07) is 7.00. The number of aliphatic hydroxyl groups excluding tert-OH is 1. The number of halogens is 1. The second-order valence-corrected chi connectivity index (χ2v) is 9.80. The molecule has 0 saturated carbocycles. The molecule has 1 saturated heterocycles. The fourth-order valence-electron chi connectivity index (χ4n) is 3.22. The predicted molar refractivity (Wildman–Crippen MR) is 120 cm³/mol. The van der Waals surface area contributed by atoms with Crippen molar-refractivity contribution >= 4 is 13.7 Å². The summed E-state index contributed by atoms with van der Waals surface area (Å²) in [7, 11) is -4.21. The van der Waals surface area contributed by atoms with Crippen LogP contribution in [0.1, 0.15) is 33.4 Å². The summed E-state index contributed by atoms with van der Waals surface area (Å²) in [5.74, 6) is -1.69. The van der Waals surface area contributed by atoms with Gasteiger partial charge < -0.3 is 19.1 Å². The van der Waals surface area contributed by atoms with E-state index in [9.17, 15) is 28.4 Å². The minimum absolute atomic E-state index is 0.131. The maximum Gasteiger partial charge on any atom is 0.459 e. The maximum atomic E-state index is 13.6. The number of rotatable bonds is 10. The molecule has 3 N–H and O–H groups in total. The van der Waals surface area contributed by atoms with Crippen LogP contribution < -0.4 is 20.9 Å². The third kappa shape index (κ3) is 7.09. The van der Waals surface area contributed by atoms with Gasteiger partial charge in [-0.3, -0.25) is 23.7 Å². The SMILES string of the molecule is CC(C)OC(=O)[C@H](C)NP(=O)(OC[C@H]1O[C@@H](n2cc(F)c(=O)[nH]c2=O)CC1O)Oc1ccccc1. The number of hydrogen-bond acceptors (Lipinski definition) is 9. The lowest BCUT2D eigenvalue weighted by atomic mass is 10.2. The maximum absolute atomic E-state index is 13.6. The van der Waals surface area contributed by atoms with E-state index in [2.05, 4.69) is 5.09 Å². The van der Waals surface area contributed by atoms with Gasteiger partial charge in [-0.1, -0.05) is 18.2 Å². The van der Waals surface area contributed by atoms with Gasteiger partial charge in [-0.2, -0.15) is 9.48 Å². The van der Waals surface area contributed by atoms with Crippen LogP contribution in [-0.2, 0) is 23.4 Å². The molecule has 0 spiro atoms. The van der Waals surface area contributed by atoms with Gasteiger partial charge in [0.05, 0.1) is 25.0 Å². The van der Waals surface area contributed by atoms with E-state index in [4.69, 9.17) is 18.5 Å². The van der Waals surface area contributed by atoms with Crippen molar-refractivity contribution in [2.45, 2.75) is 57.8 Å². The number of benzene rings is 1. The molecule has 12 nitrogen and oxygen atoms in total. The molecule has 3 rings (SSSR count). The number of nitrogens with one attached hydrogen (secondary N) is 2. The summed E-state index contributed by atoms with van der Waals surface area (Å²) < 4.78 is 49.6. The van der Waals surface area contributed by atoms with Gasteiger partial charge in [0.1, 0.15) is 24.1 Å². The van der Waals surface area contributed by atoms with Crippen molar-refractivity contribution in [2.75, 3.05) is 6.61 Å². The highest BCUT2D eigenvalue weighted by atomic mass is 31.2. The lowest BCUT2D eigenvalue weighted by Crippen LogP contribution is -2.37. The third-order valence-electron chi connectivity index (χ3n) is 4.87. The number of carbonyl (C=O) groups excluding carboxylic acids is 1. The van der Waals surface area contributed by atoms with Crippen molar-refractivity contribution in [1.29, 1.82) is 0 Å². The molecule has 2 unspecified atom stereocenters. The molecule has 0 aliphatic carbocycles. The molecular formula is C21H27FN3O9P. The summed E-state index contributed by atoms with van der Waals surface area (Å²) >= 11 is 0. The summed E-state index contributed by atoms with van der Waals surface area (Å²) in [5, 5.41) is 12.9. The average molecular weight is 515 g/mol. The van der Waals surface area contributed by atoms with Gasteiger partial charge in [0.2, 0.25) is 5.82 Å². The van der Waals surface area contributed by atoms with E-state index in [0.29, 0.717) is 6.20 Å². The van der Waals surface area contributed by atoms with Gasteiger partial charge in [0.15, 0.2) is 0 Å². The predicted octanol–water partition coefficient (Wildman–Crippen LogP) is 1.46. The number of aromatic nitrogens is 2. The molecule has 5 atom stereocenters. The monoisotopic (exact) mass is 515 g/mol. The molecule has 1 aliphatic heterocycles. The van der Waals surface area contributed by atoms with Gasteiger partial charge in [0, 0.05) is 6.42 Å². The zero-order chi connectivity index (χ0) is 25.8. The Kier molecular flexibility index (Phi) is 8.62. The molecule has 14 heteroatoms. The van der Waals surface area contributed by atoms with Gasteiger partial charge >= 0.3 is 19.4 Å². The Bertz CT molecular complexity index is 1190. The van der Waals surface area contributed by atoms with Gasteiger partial charge in [0.25, 0.3) is 5.56 Å². The van der Waals surface area contributed by atoms with Crippen molar-refractivity contribution in [3.05, 3.63) is 63.2 Å². The Hall–Kier alpha value is -2.83. The number of nitrogens with zero attached hydrogens (tertiary/aromatic N) is 1. The number of esters is 1. The largest absolute Gasteiger partial charge is 0.462 e. The summed E-state index contributed by atoms with van der Waals surface area (Å²) in [6.45, 7) is 4.27. The molecule has 0 amide bonds. The quantitative estimate of drug-likeness (QED) is 0.312. The molecule has 2 aromatic rings. The Labute approximate surface area is 199 Å². The van der Waals surface area contributed by atoms with Crippen LogP contribution in [0.25, 0.3) is 0 Å². The summed E-state index contributed by atoms with van der Waals surface area (Å²) in [6.07, 6.45) is -3.24. The lowest BCUT2D eigenvalue weighted by molar-refractivity contribution is -0.149. The third-order valence-corrected chi connectivity index (χ3v) is 6.52. The number of aromatic amines is 1. The Morgan fingerprint density at radius 3 is 2.66 bits per heavy atom. The highest BCUT2D eigenvalue weighted by molar-refractivity contribution is 7.52. The van der Waals surface area contributed by atoms with Crippen molar-refractivity contribution in [3.8, 4) is 5.75 Å². The van der Waals surface area contributed by atoms with Crippen molar-refractivity contribution in [3.63, 3.8) is 0 Å². The zero-order valence-electron chi connectivity index (χ0n) is 19.3. The number of aliphatic hydroxyl groups is 1. The first kappa shape index (κ1) is 26.8. The normalized spacial score (nSPS) is 22.5. The van der Waals surface area contributed by atoms with E-state index in [1.54, 1.807) is 32.0 Å². The van der Waals surface area contributed by atoms with E-state index in [0.717, 1.165) is 4.57 Å². The first-order valence-corrected chi connectivity index (χ1v) is 12.3. The minimum atomic E-state index is -4.21.